The summed E-state index contributed by atoms with van der Waals surface area (Å²) in [6, 6.07) is 0. The van der Waals surface area contributed by atoms with Crippen LogP contribution in [0.2, 0.25) is 0 Å². The first-order valence-corrected chi connectivity index (χ1v) is 9.07. The molecule has 0 aliphatic carbocycles. The number of ether oxygens (including phenoxy) is 2. The molecule has 0 aromatic heterocycles. The van der Waals surface area contributed by atoms with E-state index in [2.05, 4.69) is 16.4 Å². The normalized spacial score (nSPS) is 10.1. The maximum absolute atomic E-state index is 11.4. The van der Waals surface area contributed by atoms with E-state index in [4.69, 9.17) is 0 Å². The van der Waals surface area contributed by atoms with E-state index in [1.807, 2.05) is 0 Å². The van der Waals surface area contributed by atoms with E-state index >= 15 is 0 Å². The molecule has 0 unspecified atom stereocenters. The molecule has 0 bridgehead atoms. The fourth-order valence-electron chi connectivity index (χ4n) is 2.36. The van der Waals surface area contributed by atoms with Crippen molar-refractivity contribution >= 4 is 17.9 Å². The van der Waals surface area contributed by atoms with Gasteiger partial charge in [-0.05, 0) is 6.42 Å². The van der Waals surface area contributed by atoms with E-state index < -0.39 is 31.1 Å². The number of esters is 2. The molecule has 0 aliphatic rings. The van der Waals surface area contributed by atoms with Crippen LogP contribution in [0.5, 0.6) is 0 Å². The fraction of sp³-hybridized carbons (Fsp3) is 0.833. The Bertz CT molecular complexity index is 359. The largest absolute Gasteiger partial charge is 1.00 e. The van der Waals surface area contributed by atoms with Crippen molar-refractivity contribution in [2.24, 2.45) is 0 Å². The van der Waals surface area contributed by atoms with Crippen molar-refractivity contribution < 1.29 is 58.5 Å². The number of carbonyl (C=O) groups excluding carboxylic acids is 3. The summed E-state index contributed by atoms with van der Waals surface area (Å²) in [7, 11) is 0. The average molecular weight is 366 g/mol. The van der Waals surface area contributed by atoms with Gasteiger partial charge in [0.15, 0.2) is 0 Å². The van der Waals surface area contributed by atoms with Gasteiger partial charge in [0.2, 0.25) is 0 Å². The Kier molecular flexibility index (Phi) is 21.3. The standard InChI is InChI=1S/C18H32O6.Na/c1-2-3-4-5-6-7-8-9-10-11-12-13-17(21)24-18(22)15-23-14-16(19)20;/h2-15H2,1H3,(H,19,20);/q;+1/p-1. The van der Waals surface area contributed by atoms with Crippen LogP contribution in [0.15, 0.2) is 0 Å². The summed E-state index contributed by atoms with van der Waals surface area (Å²) in [6.45, 7) is 0.969. The maximum atomic E-state index is 11.4. The SMILES string of the molecule is CCCCCCCCCCCCCC(=O)OC(=O)COCC(=O)[O-].[Na+]. The Morgan fingerprint density at radius 1 is 0.720 bits per heavy atom. The minimum Gasteiger partial charge on any atom is -0.548 e. The first-order valence-electron chi connectivity index (χ1n) is 9.07. The van der Waals surface area contributed by atoms with Crippen molar-refractivity contribution in [3.05, 3.63) is 0 Å². The molecule has 0 rings (SSSR count). The van der Waals surface area contributed by atoms with E-state index in [0.717, 1.165) is 12.8 Å². The zero-order valence-corrected chi connectivity index (χ0v) is 17.8. The number of hydrogen-bond acceptors (Lipinski definition) is 6. The molecule has 7 heteroatoms. The van der Waals surface area contributed by atoms with Gasteiger partial charge in [-0.15, -0.1) is 0 Å². The number of aliphatic carboxylic acids is 1. The summed E-state index contributed by atoms with van der Waals surface area (Å²) < 4.78 is 8.99. The summed E-state index contributed by atoms with van der Waals surface area (Å²) in [5.41, 5.74) is 0. The minimum atomic E-state index is -1.42. The maximum Gasteiger partial charge on any atom is 1.00 e. The van der Waals surface area contributed by atoms with Crippen molar-refractivity contribution in [1.29, 1.82) is 0 Å². The molecule has 0 aromatic carbocycles. The zero-order chi connectivity index (χ0) is 18.0. The summed E-state index contributed by atoms with van der Waals surface area (Å²) in [6.07, 6.45) is 13.2. The molecular weight excluding hydrogens is 335 g/mol. The second-order valence-electron chi connectivity index (χ2n) is 6.00. The summed E-state index contributed by atoms with van der Waals surface area (Å²) in [5, 5.41) is 10.1. The first-order chi connectivity index (χ1) is 11.6. The molecule has 0 aliphatic heterocycles. The molecule has 140 valence electrons. The van der Waals surface area contributed by atoms with E-state index in [-0.39, 0.29) is 36.0 Å². The predicted octanol–water partition coefficient (Wildman–Crippen LogP) is -0.472. The van der Waals surface area contributed by atoms with Crippen LogP contribution in [0.4, 0.5) is 0 Å². The number of carbonyl (C=O) groups is 3. The number of unbranched alkanes of at least 4 members (excludes halogenated alkanes) is 10. The molecule has 6 nitrogen and oxygen atoms in total. The van der Waals surface area contributed by atoms with Gasteiger partial charge in [-0.1, -0.05) is 71.1 Å². The monoisotopic (exact) mass is 366 g/mol. The molecule has 0 atom stereocenters. The van der Waals surface area contributed by atoms with Gasteiger partial charge in [0.05, 0.1) is 12.6 Å². The van der Waals surface area contributed by atoms with Crippen LogP contribution in [0.25, 0.3) is 0 Å². The third kappa shape index (κ3) is 21.5. The van der Waals surface area contributed by atoms with Crippen LogP contribution in [-0.2, 0) is 23.9 Å². The first kappa shape index (κ1) is 26.8. The molecule has 0 spiro atoms. The second-order valence-corrected chi connectivity index (χ2v) is 6.00. The molecule has 0 saturated heterocycles. The van der Waals surface area contributed by atoms with Crippen molar-refractivity contribution in [2.45, 2.75) is 84.0 Å². The van der Waals surface area contributed by atoms with Gasteiger partial charge in [0.1, 0.15) is 6.61 Å². The summed E-state index contributed by atoms with van der Waals surface area (Å²) in [5.74, 6) is -2.88. The van der Waals surface area contributed by atoms with Crippen LogP contribution in [0.1, 0.15) is 84.0 Å². The molecule has 0 saturated carbocycles. The Morgan fingerprint density at radius 2 is 1.20 bits per heavy atom. The topological polar surface area (TPSA) is 92.7 Å². The van der Waals surface area contributed by atoms with Gasteiger partial charge in [-0.3, -0.25) is 4.79 Å². The van der Waals surface area contributed by atoms with E-state index in [0.29, 0.717) is 6.42 Å². The molecule has 0 fully saturated rings. The fourth-order valence-corrected chi connectivity index (χ4v) is 2.36. The molecule has 0 N–H and O–H groups in total. The number of carboxylic acids is 1. The number of hydrogen-bond donors (Lipinski definition) is 0. The van der Waals surface area contributed by atoms with Crippen molar-refractivity contribution in [3.63, 3.8) is 0 Å². The van der Waals surface area contributed by atoms with E-state index in [1.165, 1.54) is 51.4 Å². The molecule has 0 radical (unpaired) electrons. The Labute approximate surface area is 173 Å². The molecule has 0 amide bonds. The second kappa shape index (κ2) is 19.9. The Balaban J connectivity index is 0. The average Bonchev–Trinajstić information content (AvgIpc) is 2.52. The smallest absolute Gasteiger partial charge is 0.548 e. The van der Waals surface area contributed by atoms with Crippen LogP contribution in [0, 0.1) is 0 Å². The molecular formula is C18H31NaO6. The summed E-state index contributed by atoms with van der Waals surface area (Å²) in [4.78, 5) is 32.6. The Morgan fingerprint density at radius 3 is 1.68 bits per heavy atom. The van der Waals surface area contributed by atoms with Gasteiger partial charge in [-0.2, -0.15) is 0 Å². The van der Waals surface area contributed by atoms with E-state index in [9.17, 15) is 19.5 Å². The minimum absolute atomic E-state index is 0. The van der Waals surface area contributed by atoms with Crippen molar-refractivity contribution in [3.8, 4) is 0 Å². The van der Waals surface area contributed by atoms with Crippen LogP contribution >= 0.6 is 0 Å². The predicted molar refractivity (Wildman–Crippen MR) is 88.0 cm³/mol. The zero-order valence-electron chi connectivity index (χ0n) is 15.8. The number of carboxylic acid groups (broad SMARTS) is 1. The quantitative estimate of drug-likeness (QED) is 0.159. The Hall–Kier alpha value is -0.430. The van der Waals surface area contributed by atoms with Crippen LogP contribution in [0.3, 0.4) is 0 Å². The molecule has 0 heterocycles. The summed E-state index contributed by atoms with van der Waals surface area (Å²) >= 11 is 0. The number of rotatable bonds is 16. The van der Waals surface area contributed by atoms with Crippen LogP contribution in [-0.4, -0.2) is 31.1 Å². The van der Waals surface area contributed by atoms with Crippen molar-refractivity contribution in [1.82, 2.24) is 0 Å². The van der Waals surface area contributed by atoms with Gasteiger partial charge in [0, 0.05) is 6.42 Å². The van der Waals surface area contributed by atoms with Gasteiger partial charge >= 0.3 is 41.5 Å². The molecule has 0 aromatic rings. The van der Waals surface area contributed by atoms with Gasteiger partial charge in [-0.25, -0.2) is 4.79 Å². The third-order valence-corrected chi connectivity index (χ3v) is 3.65. The third-order valence-electron chi connectivity index (χ3n) is 3.65. The molecule has 25 heavy (non-hydrogen) atoms. The van der Waals surface area contributed by atoms with Crippen LogP contribution < -0.4 is 34.7 Å². The van der Waals surface area contributed by atoms with Gasteiger partial charge in [0.25, 0.3) is 0 Å². The van der Waals surface area contributed by atoms with Gasteiger partial charge < -0.3 is 19.4 Å². The van der Waals surface area contributed by atoms with E-state index in [1.54, 1.807) is 0 Å². The van der Waals surface area contributed by atoms with Crippen molar-refractivity contribution in [2.75, 3.05) is 13.2 Å².